The Bertz CT molecular complexity index is 1380. The molecule has 1 saturated carbocycles. The maximum Gasteiger partial charge on any atom is 0.245 e. The van der Waals surface area contributed by atoms with E-state index in [1.54, 1.807) is 12.1 Å². The van der Waals surface area contributed by atoms with Crippen molar-refractivity contribution in [1.29, 1.82) is 0 Å². The van der Waals surface area contributed by atoms with Gasteiger partial charge in [-0.15, -0.1) is 10.2 Å². The molecule has 6 heteroatoms. The Balaban J connectivity index is 1.55. The molecular formula is C26H22N4O2. The number of phenols is 1. The van der Waals surface area contributed by atoms with Gasteiger partial charge in [-0.3, -0.25) is 4.79 Å². The van der Waals surface area contributed by atoms with E-state index in [0.29, 0.717) is 29.4 Å². The number of aromatic amines is 1. The largest absolute Gasteiger partial charge is 0.507 e. The van der Waals surface area contributed by atoms with Gasteiger partial charge in [0, 0.05) is 40.7 Å². The molecule has 2 N–H and O–H groups in total. The maximum absolute atomic E-state index is 12.3. The molecular weight excluding hydrogens is 400 g/mol. The van der Waals surface area contributed by atoms with Crippen LogP contribution in [0, 0.1) is 5.92 Å². The average molecular weight is 422 g/mol. The molecule has 0 radical (unpaired) electrons. The zero-order valence-corrected chi connectivity index (χ0v) is 17.5. The molecule has 4 aromatic rings. The van der Waals surface area contributed by atoms with Crippen LogP contribution in [0.15, 0.2) is 73.3 Å². The van der Waals surface area contributed by atoms with Gasteiger partial charge in [-0.1, -0.05) is 49.0 Å². The summed E-state index contributed by atoms with van der Waals surface area (Å²) in [4.78, 5) is 17.7. The summed E-state index contributed by atoms with van der Waals surface area (Å²) in [7, 11) is 0. The van der Waals surface area contributed by atoms with Crippen molar-refractivity contribution in [3.8, 4) is 28.1 Å². The molecule has 0 spiro atoms. The second kappa shape index (κ2) is 6.79. The molecule has 1 saturated heterocycles. The normalized spacial score (nSPS) is 21.5. The van der Waals surface area contributed by atoms with E-state index in [1.807, 2.05) is 41.3 Å². The second-order valence-electron chi connectivity index (χ2n) is 8.73. The Hall–Kier alpha value is -3.93. The minimum atomic E-state index is -0.0976. The van der Waals surface area contributed by atoms with E-state index < -0.39 is 0 Å². The quantitative estimate of drug-likeness (QED) is 0.481. The number of fused-ring (bicyclic) bond motifs is 2. The van der Waals surface area contributed by atoms with E-state index in [9.17, 15) is 9.90 Å². The number of hydrogen-bond donors (Lipinski definition) is 2. The Labute approximate surface area is 185 Å². The fourth-order valence-electron chi connectivity index (χ4n) is 5.26. The van der Waals surface area contributed by atoms with Crippen molar-refractivity contribution in [2.45, 2.75) is 11.8 Å². The van der Waals surface area contributed by atoms with E-state index in [4.69, 9.17) is 0 Å². The number of aromatic nitrogens is 3. The highest BCUT2D eigenvalue weighted by Crippen LogP contribution is 2.61. The van der Waals surface area contributed by atoms with Gasteiger partial charge in [-0.05, 0) is 42.2 Å². The van der Waals surface area contributed by atoms with Crippen molar-refractivity contribution in [3.05, 3.63) is 79.0 Å². The summed E-state index contributed by atoms with van der Waals surface area (Å²) in [6, 6.07) is 19.4. The van der Waals surface area contributed by atoms with Crippen LogP contribution in [0.4, 0.5) is 0 Å². The first-order chi connectivity index (χ1) is 15.6. The topological polar surface area (TPSA) is 82.1 Å². The number of H-pyrrole nitrogens is 1. The lowest BCUT2D eigenvalue weighted by Gasteiger charge is -2.20. The number of nitrogens with zero attached hydrogens (tertiary/aromatic N) is 3. The van der Waals surface area contributed by atoms with Crippen LogP contribution in [0.5, 0.6) is 5.75 Å². The Morgan fingerprint density at radius 1 is 1.16 bits per heavy atom. The van der Waals surface area contributed by atoms with Gasteiger partial charge in [0.15, 0.2) is 5.65 Å². The Morgan fingerprint density at radius 3 is 2.72 bits per heavy atom. The number of nitrogens with one attached hydrogen (secondary N) is 1. The van der Waals surface area contributed by atoms with Crippen molar-refractivity contribution < 1.29 is 9.90 Å². The van der Waals surface area contributed by atoms with E-state index in [0.717, 1.165) is 35.2 Å². The van der Waals surface area contributed by atoms with Crippen molar-refractivity contribution in [2.75, 3.05) is 13.1 Å². The van der Waals surface area contributed by atoms with Gasteiger partial charge in [-0.25, -0.2) is 0 Å². The molecule has 1 aliphatic heterocycles. The van der Waals surface area contributed by atoms with E-state index in [1.165, 1.54) is 6.08 Å². The van der Waals surface area contributed by atoms with Gasteiger partial charge in [0.2, 0.25) is 5.91 Å². The maximum atomic E-state index is 12.3. The third-order valence-electron chi connectivity index (χ3n) is 6.93. The fraction of sp³-hybridized carbons (Fsp3) is 0.192. The van der Waals surface area contributed by atoms with Crippen LogP contribution < -0.4 is 0 Å². The van der Waals surface area contributed by atoms with Crippen LogP contribution >= 0.6 is 0 Å². The lowest BCUT2D eigenvalue weighted by Crippen LogP contribution is -2.31. The molecule has 2 atom stereocenters. The number of hydrogen-bond acceptors (Lipinski definition) is 4. The van der Waals surface area contributed by atoms with Crippen LogP contribution in [0.3, 0.4) is 0 Å². The summed E-state index contributed by atoms with van der Waals surface area (Å²) in [5, 5.41) is 20.2. The highest BCUT2D eigenvalue weighted by Gasteiger charge is 2.63. The fourth-order valence-corrected chi connectivity index (χ4v) is 5.26. The first kappa shape index (κ1) is 18.8. The Morgan fingerprint density at radius 2 is 1.94 bits per heavy atom. The molecule has 2 aliphatic rings. The summed E-state index contributed by atoms with van der Waals surface area (Å²) in [6.45, 7) is 5.08. The lowest BCUT2D eigenvalue weighted by molar-refractivity contribution is -0.125. The average Bonchev–Trinajstić information content (AvgIpc) is 3.19. The molecule has 0 bridgehead atoms. The first-order valence-electron chi connectivity index (χ1n) is 10.8. The zero-order chi connectivity index (χ0) is 21.9. The predicted octanol–water partition coefficient (Wildman–Crippen LogP) is 4.28. The number of likely N-dealkylation sites (tertiary alicyclic amines) is 1. The molecule has 6 nitrogen and oxygen atoms in total. The van der Waals surface area contributed by atoms with Crippen LogP contribution in [-0.4, -0.2) is 44.2 Å². The molecule has 1 amide bonds. The molecule has 158 valence electrons. The van der Waals surface area contributed by atoms with Crippen molar-refractivity contribution in [2.24, 2.45) is 5.92 Å². The van der Waals surface area contributed by atoms with Gasteiger partial charge in [-0.2, -0.15) is 0 Å². The molecule has 1 aliphatic carbocycles. The van der Waals surface area contributed by atoms with Crippen LogP contribution in [0.25, 0.3) is 33.4 Å². The van der Waals surface area contributed by atoms with E-state index >= 15 is 0 Å². The predicted molar refractivity (Wildman–Crippen MR) is 123 cm³/mol. The summed E-state index contributed by atoms with van der Waals surface area (Å²) >= 11 is 0. The van der Waals surface area contributed by atoms with Gasteiger partial charge in [0.05, 0.1) is 5.69 Å². The van der Waals surface area contributed by atoms with Gasteiger partial charge in [0.25, 0.3) is 0 Å². The minimum absolute atomic E-state index is 0.0180. The van der Waals surface area contributed by atoms with Crippen LogP contribution in [0.2, 0.25) is 0 Å². The smallest absolute Gasteiger partial charge is 0.245 e. The van der Waals surface area contributed by atoms with E-state index in [-0.39, 0.29) is 17.1 Å². The van der Waals surface area contributed by atoms with Crippen molar-refractivity contribution in [1.82, 2.24) is 20.1 Å². The third-order valence-corrected chi connectivity index (χ3v) is 6.93. The number of carbonyl (C=O) groups excluding carboxylic acids is 1. The van der Waals surface area contributed by atoms with Gasteiger partial charge < -0.3 is 15.0 Å². The number of carbonyl (C=O) groups is 1. The molecule has 2 unspecified atom stereocenters. The molecule has 2 aromatic carbocycles. The molecule has 6 rings (SSSR count). The van der Waals surface area contributed by atoms with Gasteiger partial charge in [0.1, 0.15) is 5.75 Å². The number of para-hydroxylation sites is 1. The number of aromatic hydroxyl groups is 1. The number of amides is 1. The highest BCUT2D eigenvalue weighted by molar-refractivity contribution is 5.98. The summed E-state index contributed by atoms with van der Waals surface area (Å²) in [6.07, 6.45) is 2.44. The van der Waals surface area contributed by atoms with Crippen molar-refractivity contribution in [3.63, 3.8) is 0 Å². The number of rotatable bonds is 4. The molecule has 2 fully saturated rings. The zero-order valence-electron chi connectivity index (χ0n) is 17.5. The molecule has 2 aromatic heterocycles. The minimum Gasteiger partial charge on any atom is -0.507 e. The summed E-state index contributed by atoms with van der Waals surface area (Å²) < 4.78 is 0. The Kier molecular flexibility index (Phi) is 3.99. The standard InChI is InChI=1S/C26H22N4O2/c1-2-22(32)30-14-17-13-26(17,15-30)24-23(16-8-4-3-5-9-16)19-12-20(28-29-25(19)27-24)18-10-6-7-11-21(18)31/h2-12,17,31H,1,13-15H2,(H,27,29). The van der Waals surface area contributed by atoms with Crippen molar-refractivity contribution >= 4 is 16.9 Å². The molecule has 32 heavy (non-hydrogen) atoms. The second-order valence-corrected chi connectivity index (χ2v) is 8.73. The first-order valence-corrected chi connectivity index (χ1v) is 10.8. The summed E-state index contributed by atoms with van der Waals surface area (Å²) in [5.41, 5.74) is 5.20. The molecule has 3 heterocycles. The third kappa shape index (κ3) is 2.69. The monoisotopic (exact) mass is 422 g/mol. The number of piperidine rings is 1. The van der Waals surface area contributed by atoms with E-state index in [2.05, 4.69) is 33.9 Å². The highest BCUT2D eigenvalue weighted by atomic mass is 16.3. The summed E-state index contributed by atoms with van der Waals surface area (Å²) in [5.74, 6) is 0.580. The van der Waals surface area contributed by atoms with Gasteiger partial charge >= 0.3 is 0 Å². The lowest BCUT2D eigenvalue weighted by atomic mass is 9.92. The van der Waals surface area contributed by atoms with Crippen LogP contribution in [-0.2, 0) is 10.2 Å². The number of benzene rings is 2. The SMILES string of the molecule is C=CC(=O)N1CC2CC2(c2[nH]c3nnc(-c4ccccc4O)cc3c2-c2ccccc2)C1. The van der Waals surface area contributed by atoms with Crippen LogP contribution in [0.1, 0.15) is 12.1 Å². The number of phenolic OH excluding ortho intramolecular Hbond substituents is 1.